The van der Waals surface area contributed by atoms with E-state index in [1.165, 1.54) is 5.56 Å². The van der Waals surface area contributed by atoms with E-state index in [-0.39, 0.29) is 17.0 Å². The number of nitrogens with zero attached hydrogens (tertiary/aromatic N) is 2. The summed E-state index contributed by atoms with van der Waals surface area (Å²) in [6.45, 7) is 6.37. The zero-order valence-corrected chi connectivity index (χ0v) is 16.6. The van der Waals surface area contributed by atoms with Crippen molar-refractivity contribution in [2.24, 2.45) is 0 Å². The summed E-state index contributed by atoms with van der Waals surface area (Å²) in [5, 5.41) is 8.53. The first-order chi connectivity index (χ1) is 11.7. The minimum Gasteiger partial charge on any atom is -0.492 e. The predicted molar refractivity (Wildman–Crippen MR) is 108 cm³/mol. The molecule has 3 rings (SSSR count). The number of ether oxygens (including phenoxy) is 1. The van der Waals surface area contributed by atoms with Gasteiger partial charge in [-0.25, -0.2) is 0 Å². The molecule has 0 fully saturated rings. The molecule has 25 heavy (non-hydrogen) atoms. The van der Waals surface area contributed by atoms with Crippen LogP contribution in [0.1, 0.15) is 25.3 Å². The third-order valence-corrected chi connectivity index (χ3v) is 4.31. The Morgan fingerprint density at radius 2 is 1.52 bits per heavy atom. The van der Waals surface area contributed by atoms with Gasteiger partial charge >= 0.3 is 0 Å². The summed E-state index contributed by atoms with van der Waals surface area (Å²) in [6, 6.07) is 16.3. The van der Waals surface area contributed by atoms with Gasteiger partial charge in [0.05, 0.1) is 17.6 Å². The van der Waals surface area contributed by atoms with Crippen molar-refractivity contribution in [2.45, 2.75) is 39.8 Å². The number of fused-ring (bicyclic) bond motifs is 1. The van der Waals surface area contributed by atoms with Crippen molar-refractivity contribution in [2.75, 3.05) is 6.61 Å². The first-order valence-electron chi connectivity index (χ1n) is 8.63. The van der Waals surface area contributed by atoms with Crippen LogP contribution in [-0.2, 0) is 13.1 Å². The fourth-order valence-corrected chi connectivity index (χ4v) is 2.95. The summed E-state index contributed by atoms with van der Waals surface area (Å²) in [6.07, 6.45) is 2.22. The monoisotopic (exact) mass is 403 g/mol. The van der Waals surface area contributed by atoms with Crippen LogP contribution in [0.25, 0.3) is 11.0 Å². The highest BCUT2D eigenvalue weighted by molar-refractivity contribution is 8.93. The molecule has 0 aliphatic heterocycles. The van der Waals surface area contributed by atoms with Crippen molar-refractivity contribution in [1.82, 2.24) is 9.13 Å². The van der Waals surface area contributed by atoms with E-state index in [0.717, 1.165) is 36.2 Å². The Labute approximate surface area is 159 Å². The number of halogens is 1. The van der Waals surface area contributed by atoms with Crippen LogP contribution in [0.2, 0.25) is 0 Å². The highest BCUT2D eigenvalue weighted by Crippen LogP contribution is 2.15. The van der Waals surface area contributed by atoms with E-state index < -0.39 is 0 Å². The average Bonchev–Trinajstić information content (AvgIpc) is 2.87. The van der Waals surface area contributed by atoms with Crippen LogP contribution < -0.4 is 10.4 Å². The lowest BCUT2D eigenvalue weighted by molar-refractivity contribution is 0.296. The Morgan fingerprint density at radius 1 is 0.920 bits per heavy atom. The lowest BCUT2D eigenvalue weighted by Crippen LogP contribution is -2.26. The molecule has 0 aliphatic rings. The van der Waals surface area contributed by atoms with Crippen LogP contribution in [0.15, 0.2) is 48.5 Å². The molecule has 2 aromatic carbocycles. The normalized spacial score (nSPS) is 10.6. The second kappa shape index (κ2) is 8.90. The van der Waals surface area contributed by atoms with Crippen LogP contribution in [0, 0.1) is 12.3 Å². The van der Waals surface area contributed by atoms with Crippen molar-refractivity contribution < 1.29 is 4.74 Å². The Bertz CT molecular complexity index is 865. The molecule has 0 saturated carbocycles. The molecule has 134 valence electrons. The number of para-hydroxylation sites is 2. The highest BCUT2D eigenvalue weighted by atomic mass is 79.9. The van der Waals surface area contributed by atoms with Crippen molar-refractivity contribution in [1.29, 1.82) is 5.41 Å². The van der Waals surface area contributed by atoms with Crippen LogP contribution in [0.5, 0.6) is 5.75 Å². The van der Waals surface area contributed by atoms with Gasteiger partial charge in [0.2, 0.25) is 5.62 Å². The van der Waals surface area contributed by atoms with Gasteiger partial charge in [-0.2, -0.15) is 0 Å². The van der Waals surface area contributed by atoms with Gasteiger partial charge in [-0.1, -0.05) is 43.2 Å². The van der Waals surface area contributed by atoms with Gasteiger partial charge < -0.3 is 13.9 Å². The third-order valence-electron chi connectivity index (χ3n) is 4.31. The van der Waals surface area contributed by atoms with Gasteiger partial charge in [-0.15, -0.1) is 17.0 Å². The molecular weight excluding hydrogens is 378 g/mol. The number of rotatable bonds is 7. The maximum Gasteiger partial charge on any atom is 0.203 e. The van der Waals surface area contributed by atoms with Crippen molar-refractivity contribution in [3.8, 4) is 5.75 Å². The molecule has 0 bridgehead atoms. The number of hydrogen-bond donors (Lipinski definition) is 1. The quantitative estimate of drug-likeness (QED) is 0.610. The molecule has 0 atom stereocenters. The Balaban J connectivity index is 0.00000225. The molecule has 0 unspecified atom stereocenters. The molecular formula is C20H26BrN3O. The van der Waals surface area contributed by atoms with Gasteiger partial charge in [0.1, 0.15) is 12.4 Å². The first-order valence-corrected chi connectivity index (χ1v) is 8.63. The molecule has 0 saturated heterocycles. The second-order valence-corrected chi connectivity index (χ2v) is 6.13. The number of imidazole rings is 1. The summed E-state index contributed by atoms with van der Waals surface area (Å²) in [7, 11) is 0. The number of aryl methyl sites for hydroxylation is 2. The van der Waals surface area contributed by atoms with E-state index in [1.54, 1.807) is 0 Å². The van der Waals surface area contributed by atoms with Crippen molar-refractivity contribution >= 4 is 28.0 Å². The number of unbranched alkanes of at least 4 members (excludes halogenated alkanes) is 1. The lowest BCUT2D eigenvalue weighted by atomic mass is 10.2. The lowest BCUT2D eigenvalue weighted by Gasteiger charge is -2.08. The fraction of sp³-hybridized carbons (Fsp3) is 0.350. The Morgan fingerprint density at radius 3 is 2.12 bits per heavy atom. The van der Waals surface area contributed by atoms with E-state index in [1.807, 2.05) is 28.8 Å². The number of hydrogen-bond acceptors (Lipinski definition) is 2. The molecule has 1 N–H and O–H groups in total. The van der Waals surface area contributed by atoms with Gasteiger partial charge in [0.15, 0.2) is 0 Å². The van der Waals surface area contributed by atoms with Gasteiger partial charge in [-0.3, -0.25) is 5.41 Å². The molecule has 1 aromatic heterocycles. The van der Waals surface area contributed by atoms with Crippen LogP contribution in [-0.4, -0.2) is 15.7 Å². The highest BCUT2D eigenvalue weighted by Gasteiger charge is 2.10. The van der Waals surface area contributed by atoms with Crippen LogP contribution in [0.4, 0.5) is 0 Å². The zero-order valence-electron chi connectivity index (χ0n) is 14.9. The van der Waals surface area contributed by atoms with E-state index in [0.29, 0.717) is 18.8 Å². The molecule has 0 aliphatic carbocycles. The molecule has 0 amide bonds. The van der Waals surface area contributed by atoms with Crippen molar-refractivity contribution in [3.05, 3.63) is 59.7 Å². The van der Waals surface area contributed by atoms with E-state index >= 15 is 0 Å². The minimum absolute atomic E-state index is 0. The molecule has 0 spiro atoms. The fourth-order valence-electron chi connectivity index (χ4n) is 2.95. The van der Waals surface area contributed by atoms with Gasteiger partial charge in [-0.05, 0) is 37.6 Å². The summed E-state index contributed by atoms with van der Waals surface area (Å²) in [4.78, 5) is 0. The SMILES string of the molecule is Br.CCCCn1c(=N)n(CCOc2ccc(C)cc2)c2ccccc21. The summed E-state index contributed by atoms with van der Waals surface area (Å²) < 4.78 is 9.99. The van der Waals surface area contributed by atoms with E-state index in [4.69, 9.17) is 10.1 Å². The molecule has 0 radical (unpaired) electrons. The molecule has 1 heterocycles. The van der Waals surface area contributed by atoms with Crippen LogP contribution >= 0.6 is 17.0 Å². The smallest absolute Gasteiger partial charge is 0.203 e. The maximum atomic E-state index is 8.53. The molecule has 5 heteroatoms. The predicted octanol–water partition coefficient (Wildman–Crippen LogP) is 4.69. The van der Waals surface area contributed by atoms with E-state index in [9.17, 15) is 0 Å². The zero-order chi connectivity index (χ0) is 16.9. The van der Waals surface area contributed by atoms with Gasteiger partial charge in [0.25, 0.3) is 0 Å². The number of benzene rings is 2. The van der Waals surface area contributed by atoms with Crippen LogP contribution in [0.3, 0.4) is 0 Å². The molecule has 4 nitrogen and oxygen atoms in total. The average molecular weight is 404 g/mol. The summed E-state index contributed by atoms with van der Waals surface area (Å²) >= 11 is 0. The Hall–Kier alpha value is -2.01. The third kappa shape index (κ3) is 4.34. The van der Waals surface area contributed by atoms with Gasteiger partial charge in [0, 0.05) is 6.54 Å². The topological polar surface area (TPSA) is 42.9 Å². The number of nitrogens with one attached hydrogen (secondary N) is 1. The van der Waals surface area contributed by atoms with Crippen molar-refractivity contribution in [3.63, 3.8) is 0 Å². The standard InChI is InChI=1S/C20H25N3O.BrH/c1-3-4-13-22-18-7-5-6-8-19(18)23(20(22)21)14-15-24-17-11-9-16(2)10-12-17;/h5-12,21H,3-4,13-15H2,1-2H3;1H. The summed E-state index contributed by atoms with van der Waals surface area (Å²) in [5.74, 6) is 0.877. The van der Waals surface area contributed by atoms with E-state index in [2.05, 4.69) is 42.7 Å². The Kier molecular flexibility index (Phi) is 6.88. The minimum atomic E-state index is 0. The largest absolute Gasteiger partial charge is 0.492 e. The summed E-state index contributed by atoms with van der Waals surface area (Å²) in [5.41, 5.74) is 4.01. The first kappa shape index (κ1) is 19.3. The second-order valence-electron chi connectivity index (χ2n) is 6.13. The number of aromatic nitrogens is 2. The maximum absolute atomic E-state index is 8.53. The molecule has 3 aromatic rings.